The van der Waals surface area contributed by atoms with Gasteiger partial charge in [-0.3, -0.25) is 0 Å². The first-order valence-electron chi connectivity index (χ1n) is 29.8. The highest BCUT2D eigenvalue weighted by atomic mass is 14.2. The SMILES string of the molecule is CCCCCCCCCCCCCCCCCCc1c2cccc3c#cc#cc4cccc5c(CCCCCCCCCCCCCCCCCC)c6cccc(c#cc#cc7cccc1c7cc32)c6cc45. The van der Waals surface area contributed by atoms with Crippen molar-refractivity contribution >= 4 is 64.6 Å². The minimum Gasteiger partial charge on any atom is -0.0654 e. The first kappa shape index (κ1) is 54.4. The molecule has 0 radical (unpaired) electrons. The molecular formula is C72H88. The fourth-order valence-electron chi connectivity index (χ4n) is 11.6. The Morgan fingerprint density at radius 2 is 0.444 bits per heavy atom. The van der Waals surface area contributed by atoms with E-state index in [1.165, 1.54) is 260 Å². The summed E-state index contributed by atoms with van der Waals surface area (Å²) in [7, 11) is 0. The Morgan fingerprint density at radius 1 is 0.236 bits per heavy atom. The molecule has 0 aliphatic rings. The molecule has 4 bridgehead atoms. The standard InChI is InChI=1S/C72H88/c1-3-5-7-9-11-13-15-17-19-21-23-25-27-29-31-33-51-63-65-53-39-47-59-43-35-37-45-61-49-41-55-67-64(52-34-32-30-28-26-24-22-20-18-16-14-12-10-8-6-4-2)68-56-42-50-62(72(68)58-71(61)67)46-38-36-44-60-48-40-54-66(63)70(60)57-69(59)65/h39-42,47-50,53-58H,3-34,51-52H2,1-2H3. The van der Waals surface area contributed by atoms with Gasteiger partial charge in [-0.2, -0.15) is 0 Å². The Labute approximate surface area is 439 Å². The van der Waals surface area contributed by atoms with E-state index in [2.05, 4.69) is 147 Å². The largest absolute Gasteiger partial charge is 0.0654 e. The monoisotopic (exact) mass is 953 g/mol. The van der Waals surface area contributed by atoms with Crippen LogP contribution in [0.1, 0.15) is 230 Å². The van der Waals surface area contributed by atoms with E-state index in [1.807, 2.05) is 0 Å². The molecule has 0 spiro atoms. The van der Waals surface area contributed by atoms with Gasteiger partial charge < -0.3 is 0 Å². The van der Waals surface area contributed by atoms with Crippen molar-refractivity contribution in [3.63, 3.8) is 0 Å². The van der Waals surface area contributed by atoms with Crippen molar-refractivity contribution in [3.8, 4) is 0 Å². The normalized spacial score (nSPS) is 11.2. The molecule has 7 aromatic rings. The van der Waals surface area contributed by atoms with Crippen molar-refractivity contribution in [2.75, 3.05) is 0 Å². The first-order valence-corrected chi connectivity index (χ1v) is 29.8. The molecule has 0 atom stereocenters. The molecule has 0 unspecified atom stereocenters. The summed E-state index contributed by atoms with van der Waals surface area (Å²) in [5, 5.41) is 14.0. The minimum atomic E-state index is 1.02. The maximum Gasteiger partial charge on any atom is 0.0334 e. The van der Waals surface area contributed by atoms with Gasteiger partial charge in [0.15, 0.2) is 0 Å². The van der Waals surface area contributed by atoms with Gasteiger partial charge in [-0.1, -0.05) is 279 Å². The predicted molar refractivity (Wildman–Crippen MR) is 315 cm³/mol. The predicted octanol–water partition coefficient (Wildman–Crippen LogP) is 22.3. The van der Waals surface area contributed by atoms with Crippen molar-refractivity contribution in [1.29, 1.82) is 0 Å². The van der Waals surface area contributed by atoms with Gasteiger partial charge in [-0.25, -0.2) is 0 Å². The summed E-state index contributed by atoms with van der Waals surface area (Å²) < 4.78 is 0. The van der Waals surface area contributed by atoms with Crippen LogP contribution in [-0.2, 0) is 12.8 Å². The van der Waals surface area contributed by atoms with E-state index in [0.717, 1.165) is 34.4 Å². The van der Waals surface area contributed by atoms with Gasteiger partial charge in [-0.15, -0.1) is 0 Å². The zero-order chi connectivity index (χ0) is 49.7. The summed E-state index contributed by atoms with van der Waals surface area (Å²) in [6.07, 6.45) is 46.3. The molecule has 0 fully saturated rings. The highest BCUT2D eigenvalue weighted by Crippen LogP contribution is 2.35. The summed E-state index contributed by atoms with van der Waals surface area (Å²) in [5.41, 5.74) is 2.83. The second-order valence-corrected chi connectivity index (χ2v) is 21.4. The summed E-state index contributed by atoms with van der Waals surface area (Å²) in [6, 6.07) is 58.6. The van der Waals surface area contributed by atoms with Gasteiger partial charge in [0.2, 0.25) is 0 Å². The topological polar surface area (TPSA) is 0 Å². The van der Waals surface area contributed by atoms with Crippen LogP contribution < -0.4 is 0 Å². The van der Waals surface area contributed by atoms with E-state index >= 15 is 0 Å². The van der Waals surface area contributed by atoms with Crippen LogP contribution in [0.4, 0.5) is 0 Å². The molecule has 0 amide bonds. The van der Waals surface area contributed by atoms with Crippen molar-refractivity contribution < 1.29 is 0 Å². The third-order valence-electron chi connectivity index (χ3n) is 15.8. The van der Waals surface area contributed by atoms with Crippen LogP contribution >= 0.6 is 0 Å². The molecule has 0 heteroatoms. The van der Waals surface area contributed by atoms with Crippen LogP contribution in [0.15, 0.2) is 84.9 Å². The van der Waals surface area contributed by atoms with Crippen molar-refractivity contribution in [2.45, 2.75) is 232 Å². The number of hydrogen-bond donors (Lipinski definition) is 0. The maximum absolute atomic E-state index is 3.53. The second kappa shape index (κ2) is 31.9. The molecule has 7 aromatic carbocycles. The maximum atomic E-state index is 3.53. The zero-order valence-corrected chi connectivity index (χ0v) is 45.1. The Bertz CT molecular complexity index is 2410. The lowest BCUT2D eigenvalue weighted by Crippen LogP contribution is -1.92. The number of aryl methyl sites for hydroxylation is 2. The Kier molecular flexibility index (Phi) is 24.1. The van der Waals surface area contributed by atoms with Crippen LogP contribution in [0.3, 0.4) is 0 Å². The van der Waals surface area contributed by atoms with Gasteiger partial charge >= 0.3 is 0 Å². The molecule has 0 aliphatic heterocycles. The quantitative estimate of drug-likeness (QED) is 0.0279. The average Bonchev–Trinajstić information content (AvgIpc) is 3.40. The van der Waals surface area contributed by atoms with Gasteiger partial charge in [0.25, 0.3) is 0 Å². The van der Waals surface area contributed by atoms with E-state index in [0.29, 0.717) is 0 Å². The third-order valence-corrected chi connectivity index (χ3v) is 15.8. The van der Waals surface area contributed by atoms with Crippen molar-refractivity contribution in [2.24, 2.45) is 0 Å². The fraction of sp³-hybridized carbons (Fsp3) is 0.500. The van der Waals surface area contributed by atoms with Gasteiger partial charge in [0.05, 0.1) is 0 Å². The lowest BCUT2D eigenvalue weighted by molar-refractivity contribution is 0.529. The van der Waals surface area contributed by atoms with E-state index in [4.69, 9.17) is 0 Å². The average molecular weight is 953 g/mol. The van der Waals surface area contributed by atoms with Crippen LogP contribution in [0.25, 0.3) is 64.6 Å². The Balaban J connectivity index is 1.03. The number of benzene rings is 6. The summed E-state index contributed by atoms with van der Waals surface area (Å²) >= 11 is 0. The van der Waals surface area contributed by atoms with Crippen molar-refractivity contribution in [1.82, 2.24) is 0 Å². The first-order chi connectivity index (χ1) is 35.8. The Hall–Kier alpha value is -5.40. The Morgan fingerprint density at radius 3 is 0.667 bits per heavy atom. The molecule has 0 N–H and O–H groups in total. The molecule has 376 valence electrons. The third kappa shape index (κ3) is 16.8. The molecule has 72 heavy (non-hydrogen) atoms. The lowest BCUT2D eigenvalue weighted by atomic mass is 9.91. The number of unbranched alkanes of at least 4 members (excludes halogenated alkanes) is 30. The molecule has 0 aliphatic carbocycles. The molecule has 7 rings (SSSR count). The highest BCUT2D eigenvalue weighted by molar-refractivity contribution is 6.14. The molecule has 0 saturated carbocycles. The highest BCUT2D eigenvalue weighted by Gasteiger charge is 2.12. The minimum absolute atomic E-state index is 1.02. The molecular weight excluding hydrogens is 865 g/mol. The van der Waals surface area contributed by atoms with Gasteiger partial charge in [0, 0.05) is 21.5 Å². The van der Waals surface area contributed by atoms with E-state index in [-0.39, 0.29) is 0 Å². The molecule has 0 saturated heterocycles. The summed E-state index contributed by atoms with van der Waals surface area (Å²) in [5.74, 6) is 0. The van der Waals surface area contributed by atoms with E-state index < -0.39 is 0 Å². The summed E-state index contributed by atoms with van der Waals surface area (Å²) in [4.78, 5) is 0. The van der Waals surface area contributed by atoms with Crippen molar-refractivity contribution in [3.05, 3.63) is 145 Å². The summed E-state index contributed by atoms with van der Waals surface area (Å²) in [6.45, 7) is 4.61. The van der Waals surface area contributed by atoms with Gasteiger partial charge in [0.1, 0.15) is 0 Å². The van der Waals surface area contributed by atoms with E-state index in [1.54, 1.807) is 0 Å². The second-order valence-electron chi connectivity index (χ2n) is 21.4. The van der Waals surface area contributed by atoms with E-state index in [9.17, 15) is 0 Å². The smallest absolute Gasteiger partial charge is 0.0334 e. The van der Waals surface area contributed by atoms with Crippen LogP contribution in [-0.4, -0.2) is 0 Å². The van der Waals surface area contributed by atoms with Crippen LogP contribution in [0, 0.1) is 48.5 Å². The zero-order valence-electron chi connectivity index (χ0n) is 45.1. The van der Waals surface area contributed by atoms with Crippen LogP contribution in [0.2, 0.25) is 0 Å². The molecule has 0 nitrogen and oxygen atoms in total. The molecule has 0 heterocycles. The lowest BCUT2D eigenvalue weighted by Gasteiger charge is -2.13. The van der Waals surface area contributed by atoms with Gasteiger partial charge in [-0.05, 0) is 141 Å². The van der Waals surface area contributed by atoms with Crippen LogP contribution in [0.5, 0.6) is 0 Å². The molecule has 0 aromatic heterocycles. The fourth-order valence-corrected chi connectivity index (χ4v) is 11.6. The number of rotatable bonds is 34. The number of hydrogen-bond acceptors (Lipinski definition) is 0.